The van der Waals surface area contributed by atoms with E-state index in [0.29, 0.717) is 34.7 Å². The van der Waals surface area contributed by atoms with Gasteiger partial charge in [0.1, 0.15) is 5.82 Å². The average molecular weight is 394 g/mol. The molecule has 0 aliphatic rings. The molecular weight excluding hydrogens is 371 g/mol. The monoisotopic (exact) mass is 394 g/mol. The van der Waals surface area contributed by atoms with Crippen molar-refractivity contribution in [2.75, 3.05) is 7.11 Å². The number of methoxy groups -OCH3 is 1. The minimum absolute atomic E-state index is 0.0790. The number of nitrogens with zero attached hydrogens (tertiary/aromatic N) is 4. The van der Waals surface area contributed by atoms with E-state index in [2.05, 4.69) is 23.9 Å². The van der Waals surface area contributed by atoms with Crippen LogP contribution in [0.25, 0.3) is 27.7 Å². The van der Waals surface area contributed by atoms with E-state index in [9.17, 15) is 9.18 Å². The highest BCUT2D eigenvalue weighted by Gasteiger charge is 2.18. The van der Waals surface area contributed by atoms with Gasteiger partial charge < -0.3 is 9.30 Å². The molecule has 150 valence electrons. The van der Waals surface area contributed by atoms with Crippen molar-refractivity contribution < 1.29 is 9.13 Å². The number of fused-ring (bicyclic) bond motifs is 3. The van der Waals surface area contributed by atoms with Crippen LogP contribution < -0.4 is 5.56 Å². The average Bonchev–Trinajstić information content (AvgIpc) is 3.07. The number of aromatic nitrogens is 4. The lowest BCUT2D eigenvalue weighted by atomic mass is 10.1. The van der Waals surface area contributed by atoms with Gasteiger partial charge in [0.2, 0.25) is 0 Å². The molecule has 0 unspecified atom stereocenters. The topological polar surface area (TPSA) is 61.4 Å². The van der Waals surface area contributed by atoms with Gasteiger partial charge in [0.15, 0.2) is 5.65 Å². The third-order valence-corrected chi connectivity index (χ3v) is 5.02. The molecule has 4 aromatic rings. The van der Waals surface area contributed by atoms with Crippen LogP contribution in [0.15, 0.2) is 47.5 Å². The van der Waals surface area contributed by atoms with Crippen molar-refractivity contribution in [1.82, 2.24) is 19.2 Å². The van der Waals surface area contributed by atoms with Crippen LogP contribution in [-0.2, 0) is 17.9 Å². The first-order valence-electron chi connectivity index (χ1n) is 9.64. The number of pyridine rings is 1. The summed E-state index contributed by atoms with van der Waals surface area (Å²) in [5, 5.41) is 5.18. The molecule has 0 aliphatic heterocycles. The van der Waals surface area contributed by atoms with Gasteiger partial charge >= 0.3 is 0 Å². The fourth-order valence-corrected chi connectivity index (χ4v) is 3.48. The van der Waals surface area contributed by atoms with Gasteiger partial charge in [-0.05, 0) is 36.1 Å². The normalized spacial score (nSPS) is 11.8. The Morgan fingerprint density at radius 1 is 1.17 bits per heavy atom. The summed E-state index contributed by atoms with van der Waals surface area (Å²) in [6, 6.07) is 8.10. The molecule has 0 N–H and O–H groups in total. The van der Waals surface area contributed by atoms with Crippen molar-refractivity contribution in [1.29, 1.82) is 0 Å². The van der Waals surface area contributed by atoms with Crippen molar-refractivity contribution in [3.8, 4) is 11.1 Å². The lowest BCUT2D eigenvalue weighted by Crippen LogP contribution is -2.21. The SMILES string of the molecule is COCc1nn2c(ncc3c(=O)n(CCC(C)C)ccc32)c1-c1ccc(F)cc1. The first kappa shape index (κ1) is 19.3. The van der Waals surface area contributed by atoms with Gasteiger partial charge in [-0.1, -0.05) is 26.0 Å². The summed E-state index contributed by atoms with van der Waals surface area (Å²) < 4.78 is 22.1. The Bertz CT molecular complexity index is 1230. The van der Waals surface area contributed by atoms with E-state index in [1.165, 1.54) is 12.1 Å². The van der Waals surface area contributed by atoms with E-state index in [4.69, 9.17) is 4.74 Å². The zero-order valence-electron chi connectivity index (χ0n) is 16.7. The minimum Gasteiger partial charge on any atom is -0.378 e. The van der Waals surface area contributed by atoms with E-state index < -0.39 is 0 Å². The smallest absolute Gasteiger partial charge is 0.261 e. The molecule has 0 saturated heterocycles. The van der Waals surface area contributed by atoms with Crippen LogP contribution in [0.4, 0.5) is 4.39 Å². The number of hydrogen-bond acceptors (Lipinski definition) is 4. The third-order valence-electron chi connectivity index (χ3n) is 5.02. The van der Waals surface area contributed by atoms with Crippen LogP contribution in [0, 0.1) is 11.7 Å². The van der Waals surface area contributed by atoms with Crippen LogP contribution in [0.5, 0.6) is 0 Å². The molecule has 1 aromatic carbocycles. The number of hydrogen-bond donors (Lipinski definition) is 0. The Morgan fingerprint density at radius 2 is 1.93 bits per heavy atom. The highest BCUT2D eigenvalue weighted by molar-refractivity contribution is 5.86. The number of halogens is 1. The fraction of sp³-hybridized carbons (Fsp3) is 0.318. The first-order chi connectivity index (χ1) is 14.0. The molecule has 3 heterocycles. The van der Waals surface area contributed by atoms with Crippen molar-refractivity contribution in [2.45, 2.75) is 33.4 Å². The minimum atomic E-state index is -0.307. The van der Waals surface area contributed by atoms with Crippen molar-refractivity contribution in [3.63, 3.8) is 0 Å². The second-order valence-electron chi connectivity index (χ2n) is 7.55. The van der Waals surface area contributed by atoms with Gasteiger partial charge in [-0.25, -0.2) is 13.9 Å². The predicted octanol–water partition coefficient (Wildman–Crippen LogP) is 4.04. The molecule has 0 aliphatic carbocycles. The van der Waals surface area contributed by atoms with Crippen LogP contribution in [-0.4, -0.2) is 26.3 Å². The molecule has 6 nitrogen and oxygen atoms in total. The van der Waals surface area contributed by atoms with Gasteiger partial charge in [0.25, 0.3) is 5.56 Å². The van der Waals surface area contributed by atoms with Crippen LogP contribution in [0.2, 0.25) is 0 Å². The predicted molar refractivity (Wildman–Crippen MR) is 110 cm³/mol. The Balaban J connectivity index is 1.92. The van der Waals surface area contributed by atoms with Gasteiger partial charge in [0, 0.05) is 26.0 Å². The molecule has 7 heteroatoms. The molecule has 3 aromatic heterocycles. The van der Waals surface area contributed by atoms with Crippen molar-refractivity contribution in [3.05, 3.63) is 64.6 Å². The Labute approximate surface area is 167 Å². The lowest BCUT2D eigenvalue weighted by molar-refractivity contribution is 0.181. The molecule has 29 heavy (non-hydrogen) atoms. The van der Waals surface area contributed by atoms with Crippen LogP contribution >= 0.6 is 0 Å². The van der Waals surface area contributed by atoms with E-state index in [0.717, 1.165) is 17.5 Å². The summed E-state index contributed by atoms with van der Waals surface area (Å²) in [7, 11) is 1.59. The molecule has 0 atom stereocenters. The largest absolute Gasteiger partial charge is 0.378 e. The highest BCUT2D eigenvalue weighted by atomic mass is 19.1. The maximum Gasteiger partial charge on any atom is 0.261 e. The van der Waals surface area contributed by atoms with Gasteiger partial charge in [-0.2, -0.15) is 5.10 Å². The van der Waals surface area contributed by atoms with E-state index >= 15 is 0 Å². The number of ether oxygens (including phenoxy) is 1. The summed E-state index contributed by atoms with van der Waals surface area (Å²) in [6.07, 6.45) is 4.33. The van der Waals surface area contributed by atoms with Crippen LogP contribution in [0.1, 0.15) is 26.0 Å². The maximum absolute atomic E-state index is 13.4. The standard InChI is InChI=1S/C22H23FN4O2/c1-14(2)8-10-26-11-9-19-17(22(26)28)12-24-21-20(15-4-6-16(23)7-5-15)18(13-29-3)25-27(19)21/h4-7,9,11-12,14H,8,10,13H2,1-3H3. The van der Waals surface area contributed by atoms with E-state index in [1.54, 1.807) is 34.5 Å². The first-order valence-corrected chi connectivity index (χ1v) is 9.64. The number of benzene rings is 1. The second-order valence-corrected chi connectivity index (χ2v) is 7.55. The molecule has 0 amide bonds. The summed E-state index contributed by atoms with van der Waals surface area (Å²) in [6.45, 7) is 5.22. The summed E-state index contributed by atoms with van der Waals surface area (Å²) in [5.41, 5.74) is 3.47. The van der Waals surface area contributed by atoms with Crippen molar-refractivity contribution in [2.24, 2.45) is 5.92 Å². The summed E-state index contributed by atoms with van der Waals surface area (Å²) in [4.78, 5) is 17.5. The summed E-state index contributed by atoms with van der Waals surface area (Å²) >= 11 is 0. The van der Waals surface area contributed by atoms with Gasteiger partial charge in [-0.3, -0.25) is 4.79 Å². The molecule has 0 fully saturated rings. The van der Waals surface area contributed by atoms with Gasteiger partial charge in [-0.15, -0.1) is 0 Å². The Kier molecular flexibility index (Phi) is 5.15. The Hall–Kier alpha value is -3.06. The lowest BCUT2D eigenvalue weighted by Gasteiger charge is -2.09. The summed E-state index contributed by atoms with van der Waals surface area (Å²) in [5.74, 6) is 0.207. The number of rotatable bonds is 6. The Morgan fingerprint density at radius 3 is 2.62 bits per heavy atom. The molecule has 0 bridgehead atoms. The van der Waals surface area contributed by atoms with E-state index in [-0.39, 0.29) is 18.0 Å². The van der Waals surface area contributed by atoms with Crippen molar-refractivity contribution >= 4 is 16.6 Å². The molecule has 4 rings (SSSR count). The second kappa shape index (κ2) is 7.75. The van der Waals surface area contributed by atoms with Gasteiger partial charge in [0.05, 0.1) is 28.8 Å². The zero-order chi connectivity index (χ0) is 20.5. The molecular formula is C22H23FN4O2. The van der Waals surface area contributed by atoms with Crippen LogP contribution in [0.3, 0.4) is 0 Å². The molecule has 0 radical (unpaired) electrons. The zero-order valence-corrected chi connectivity index (χ0v) is 16.7. The number of aryl methyl sites for hydroxylation is 1. The highest BCUT2D eigenvalue weighted by Crippen LogP contribution is 2.29. The molecule has 0 saturated carbocycles. The van der Waals surface area contributed by atoms with E-state index in [1.807, 2.05) is 12.3 Å². The quantitative estimate of drug-likeness (QED) is 0.495. The maximum atomic E-state index is 13.4. The third kappa shape index (κ3) is 3.53. The molecule has 0 spiro atoms. The fourth-order valence-electron chi connectivity index (χ4n) is 3.48.